The molecule has 0 fully saturated rings. The van der Waals surface area contributed by atoms with E-state index in [0.29, 0.717) is 19.3 Å². The predicted octanol–water partition coefficient (Wildman–Crippen LogP) is 16.1. The molecule has 0 radical (unpaired) electrons. The predicted molar refractivity (Wildman–Crippen MR) is 275 cm³/mol. The van der Waals surface area contributed by atoms with Crippen molar-refractivity contribution in [1.29, 1.82) is 0 Å². The van der Waals surface area contributed by atoms with Crippen molar-refractivity contribution < 1.29 is 38.2 Å². The summed E-state index contributed by atoms with van der Waals surface area (Å²) in [5, 5.41) is 9.67. The number of carboxylic acids is 1. The maximum absolute atomic E-state index is 12.8. The molecule has 65 heavy (non-hydrogen) atoms. The number of ether oxygens (including phenoxy) is 3. The first kappa shape index (κ1) is 62.5. The van der Waals surface area contributed by atoms with Gasteiger partial charge in [0, 0.05) is 19.3 Å². The Labute approximate surface area is 402 Å². The Morgan fingerprint density at radius 2 is 0.815 bits per heavy atom. The van der Waals surface area contributed by atoms with E-state index < -0.39 is 18.1 Å². The van der Waals surface area contributed by atoms with Gasteiger partial charge in [0.05, 0.1) is 34.4 Å². The molecule has 0 bridgehead atoms. The first-order valence-electron chi connectivity index (χ1n) is 27.5. The molecule has 0 aliphatic heterocycles. The van der Waals surface area contributed by atoms with E-state index >= 15 is 0 Å². The summed E-state index contributed by atoms with van der Waals surface area (Å²) < 4.78 is 17.4. The molecule has 0 aromatic heterocycles. The van der Waals surface area contributed by atoms with Gasteiger partial charge in [0.1, 0.15) is 6.61 Å². The smallest absolute Gasteiger partial charge is 0.362 e. The van der Waals surface area contributed by atoms with Crippen molar-refractivity contribution in [2.75, 3.05) is 41.0 Å². The van der Waals surface area contributed by atoms with E-state index in [1.165, 1.54) is 186 Å². The van der Waals surface area contributed by atoms with Gasteiger partial charge in [-0.3, -0.25) is 9.59 Å². The van der Waals surface area contributed by atoms with Crippen molar-refractivity contribution in [3.05, 3.63) is 36.5 Å². The van der Waals surface area contributed by atoms with Crippen LogP contribution in [0, 0.1) is 0 Å². The molecule has 0 aromatic rings. The molecule has 0 spiro atoms. The molecule has 8 heteroatoms. The molecular weight excluding hydrogens is 811 g/mol. The standard InChI is InChI=1S/C57H105NO7/c1-6-8-10-12-14-16-18-20-22-24-26-27-28-30-32-34-36-38-40-42-44-46-48-56(60)65-53(51-63-50-49-54(57(61)62)58(3,4)5)52-64-55(59)47-45-43-41-39-37-35-33-31-29-25-23-21-19-17-15-13-11-9-7-2/h15,17,19,21,28,30,53-54H,6-14,16,18,20,22-27,29,31-52H2,1-5H3/p+1/b17-15+,21-19+,30-28+. The lowest BCUT2D eigenvalue weighted by atomic mass is 10.0. The largest absolute Gasteiger partial charge is 0.477 e. The van der Waals surface area contributed by atoms with Crippen LogP contribution in [0.5, 0.6) is 0 Å². The normalized spacial score (nSPS) is 13.1. The van der Waals surface area contributed by atoms with Crippen LogP contribution in [0.25, 0.3) is 0 Å². The number of quaternary nitrogens is 1. The van der Waals surface area contributed by atoms with Gasteiger partial charge in [0.15, 0.2) is 12.1 Å². The summed E-state index contributed by atoms with van der Waals surface area (Å²) in [6.45, 7) is 4.74. The van der Waals surface area contributed by atoms with Gasteiger partial charge in [0.2, 0.25) is 0 Å². The Kier molecular flexibility index (Phi) is 46.2. The minimum Gasteiger partial charge on any atom is -0.477 e. The number of nitrogens with zero attached hydrogens (tertiary/aromatic N) is 1. The molecule has 0 saturated carbocycles. The summed E-state index contributed by atoms with van der Waals surface area (Å²) in [7, 11) is 5.54. The van der Waals surface area contributed by atoms with Crippen LogP contribution in [0.2, 0.25) is 0 Å². The Balaban J connectivity index is 4.20. The minimum absolute atomic E-state index is 0.0523. The van der Waals surface area contributed by atoms with E-state index in [1.807, 2.05) is 21.1 Å². The first-order chi connectivity index (χ1) is 31.6. The number of carbonyl (C=O) groups excluding carboxylic acids is 2. The molecule has 2 atom stereocenters. The van der Waals surface area contributed by atoms with Gasteiger partial charge in [-0.25, -0.2) is 4.79 Å². The van der Waals surface area contributed by atoms with E-state index in [9.17, 15) is 19.5 Å². The Morgan fingerprint density at radius 1 is 0.462 bits per heavy atom. The molecule has 0 aliphatic carbocycles. The number of rotatable bonds is 50. The lowest BCUT2D eigenvalue weighted by Crippen LogP contribution is -2.50. The van der Waals surface area contributed by atoms with E-state index in [0.717, 1.165) is 38.5 Å². The number of hydrogen-bond donors (Lipinski definition) is 1. The summed E-state index contributed by atoms with van der Waals surface area (Å²) in [4.78, 5) is 37.2. The molecule has 0 aliphatic rings. The third-order valence-corrected chi connectivity index (χ3v) is 12.5. The number of unbranched alkanes of at least 4 members (excludes halogenated alkanes) is 31. The fourth-order valence-electron chi connectivity index (χ4n) is 8.26. The zero-order valence-corrected chi connectivity index (χ0v) is 43.5. The fourth-order valence-corrected chi connectivity index (χ4v) is 8.26. The van der Waals surface area contributed by atoms with Gasteiger partial charge >= 0.3 is 17.9 Å². The minimum atomic E-state index is -0.874. The highest BCUT2D eigenvalue weighted by Crippen LogP contribution is 2.16. The SMILES string of the molecule is CCCCC/C=C/C=C/CCCCCCCCCCCCC(=O)OCC(COCCC(C(=O)O)[N+](C)(C)C)OC(=O)CCCCCCCCC/C=C/CCCCCCCCCCCCC. The van der Waals surface area contributed by atoms with E-state index in [2.05, 4.69) is 50.3 Å². The van der Waals surface area contributed by atoms with Crippen molar-refractivity contribution >= 4 is 17.9 Å². The maximum atomic E-state index is 12.8. The Hall–Kier alpha value is -2.45. The summed E-state index contributed by atoms with van der Waals surface area (Å²) in [6.07, 6.45) is 57.7. The second kappa shape index (κ2) is 48.0. The highest BCUT2D eigenvalue weighted by molar-refractivity contribution is 5.72. The highest BCUT2D eigenvalue weighted by Gasteiger charge is 2.31. The number of carboxylic acid groups (broad SMARTS) is 1. The first-order valence-corrected chi connectivity index (χ1v) is 27.5. The molecule has 1 N–H and O–H groups in total. The van der Waals surface area contributed by atoms with Crippen molar-refractivity contribution in [3.8, 4) is 0 Å². The molecule has 2 unspecified atom stereocenters. The van der Waals surface area contributed by atoms with Crippen molar-refractivity contribution in [2.24, 2.45) is 0 Å². The van der Waals surface area contributed by atoms with Crippen molar-refractivity contribution in [1.82, 2.24) is 0 Å². The molecule has 8 nitrogen and oxygen atoms in total. The molecule has 0 aromatic carbocycles. The molecule has 0 saturated heterocycles. The molecule has 0 rings (SSSR count). The number of esters is 2. The zero-order valence-electron chi connectivity index (χ0n) is 43.5. The van der Waals surface area contributed by atoms with Gasteiger partial charge < -0.3 is 23.8 Å². The number of likely N-dealkylation sites (N-methyl/N-ethyl adjacent to an activating group) is 1. The second-order valence-corrected chi connectivity index (χ2v) is 19.9. The summed E-state index contributed by atoms with van der Waals surface area (Å²) >= 11 is 0. The number of carbonyl (C=O) groups is 3. The van der Waals surface area contributed by atoms with E-state index in [-0.39, 0.29) is 36.2 Å². The van der Waals surface area contributed by atoms with Gasteiger partial charge in [-0.2, -0.15) is 0 Å². The summed E-state index contributed by atoms with van der Waals surface area (Å²) in [5.41, 5.74) is 0. The zero-order chi connectivity index (χ0) is 47.7. The topological polar surface area (TPSA) is 99.1 Å². The van der Waals surface area contributed by atoms with Gasteiger partial charge in [-0.05, 0) is 64.2 Å². The lowest BCUT2D eigenvalue weighted by Gasteiger charge is -2.31. The molecule has 380 valence electrons. The molecule has 0 amide bonds. The van der Waals surface area contributed by atoms with Gasteiger partial charge in [0.25, 0.3) is 0 Å². The monoisotopic (exact) mass is 917 g/mol. The molecular formula is C57H106NO7+. The highest BCUT2D eigenvalue weighted by atomic mass is 16.6. The Morgan fingerprint density at radius 3 is 1.23 bits per heavy atom. The maximum Gasteiger partial charge on any atom is 0.362 e. The number of aliphatic carboxylic acids is 1. The van der Waals surface area contributed by atoms with Gasteiger partial charge in [-0.1, -0.05) is 211 Å². The van der Waals surface area contributed by atoms with Crippen LogP contribution in [-0.4, -0.2) is 80.6 Å². The van der Waals surface area contributed by atoms with Crippen LogP contribution in [0.15, 0.2) is 36.5 Å². The summed E-state index contributed by atoms with van der Waals surface area (Å²) in [6, 6.07) is -0.616. The van der Waals surface area contributed by atoms with E-state index in [4.69, 9.17) is 14.2 Å². The number of hydrogen-bond acceptors (Lipinski definition) is 6. The van der Waals surface area contributed by atoms with Crippen molar-refractivity contribution in [2.45, 2.75) is 270 Å². The average molecular weight is 917 g/mol. The third-order valence-electron chi connectivity index (χ3n) is 12.5. The van der Waals surface area contributed by atoms with Crippen LogP contribution in [0.3, 0.4) is 0 Å². The molecule has 0 heterocycles. The second-order valence-electron chi connectivity index (χ2n) is 19.9. The average Bonchev–Trinajstić information content (AvgIpc) is 3.27. The number of allylic oxidation sites excluding steroid dienone is 6. The van der Waals surface area contributed by atoms with Crippen molar-refractivity contribution in [3.63, 3.8) is 0 Å². The van der Waals surface area contributed by atoms with Crippen LogP contribution >= 0.6 is 0 Å². The van der Waals surface area contributed by atoms with Crippen LogP contribution in [0.4, 0.5) is 0 Å². The quantitative estimate of drug-likeness (QED) is 0.0213. The lowest BCUT2D eigenvalue weighted by molar-refractivity contribution is -0.887. The fraction of sp³-hybridized carbons (Fsp3) is 0.842. The van der Waals surface area contributed by atoms with Gasteiger partial charge in [-0.15, -0.1) is 0 Å². The van der Waals surface area contributed by atoms with Crippen LogP contribution in [-0.2, 0) is 28.6 Å². The summed E-state index contributed by atoms with van der Waals surface area (Å²) in [5.74, 6) is -1.46. The Bertz CT molecular complexity index is 1160. The van der Waals surface area contributed by atoms with Crippen LogP contribution < -0.4 is 0 Å². The third kappa shape index (κ3) is 46.4. The van der Waals surface area contributed by atoms with Crippen LogP contribution in [0.1, 0.15) is 258 Å². The van der Waals surface area contributed by atoms with E-state index in [1.54, 1.807) is 0 Å².